The lowest BCUT2D eigenvalue weighted by Gasteiger charge is -2.29. The zero-order valence-electron chi connectivity index (χ0n) is 12.9. The van der Waals surface area contributed by atoms with Crippen molar-refractivity contribution in [3.63, 3.8) is 0 Å². The summed E-state index contributed by atoms with van der Waals surface area (Å²) < 4.78 is 27.8. The number of nitrogens with zero attached hydrogens (tertiary/aromatic N) is 2. The van der Waals surface area contributed by atoms with Gasteiger partial charge in [-0.3, -0.25) is 4.79 Å². The van der Waals surface area contributed by atoms with Crippen LogP contribution in [0.2, 0.25) is 0 Å². The molecule has 120 valence electrons. The molecule has 0 atom stereocenters. The van der Waals surface area contributed by atoms with E-state index in [1.807, 2.05) is 7.05 Å². The topological polar surface area (TPSA) is 69.7 Å². The van der Waals surface area contributed by atoms with Gasteiger partial charge in [0.05, 0.1) is 11.3 Å². The van der Waals surface area contributed by atoms with Crippen LogP contribution < -0.4 is 9.62 Å². The molecule has 0 spiro atoms. The smallest absolute Gasteiger partial charge is 0.240 e. The second-order valence-corrected chi connectivity index (χ2v) is 7.83. The number of hydrogen-bond donors (Lipinski definition) is 1. The molecule has 0 aliphatic carbocycles. The first kappa shape index (κ1) is 15.5. The molecule has 1 fully saturated rings. The molecule has 1 aromatic carbocycles. The molecule has 3 rings (SSSR count). The predicted molar refractivity (Wildman–Crippen MR) is 84.4 cm³/mol. The fourth-order valence-corrected chi connectivity index (χ4v) is 4.38. The van der Waals surface area contributed by atoms with Gasteiger partial charge in [-0.15, -0.1) is 0 Å². The summed E-state index contributed by atoms with van der Waals surface area (Å²) in [5.74, 6) is -0.00664. The van der Waals surface area contributed by atoms with Crippen molar-refractivity contribution >= 4 is 21.6 Å². The van der Waals surface area contributed by atoms with Gasteiger partial charge in [0.1, 0.15) is 0 Å². The summed E-state index contributed by atoms with van der Waals surface area (Å²) in [5, 5.41) is 0. The van der Waals surface area contributed by atoms with Gasteiger partial charge in [-0.25, -0.2) is 13.1 Å². The van der Waals surface area contributed by atoms with Crippen molar-refractivity contribution in [3.8, 4) is 0 Å². The van der Waals surface area contributed by atoms with Crippen LogP contribution in [0.3, 0.4) is 0 Å². The molecule has 0 saturated carbocycles. The first-order chi connectivity index (χ1) is 10.4. The lowest BCUT2D eigenvalue weighted by Crippen LogP contribution is -2.43. The highest BCUT2D eigenvalue weighted by atomic mass is 32.2. The monoisotopic (exact) mass is 323 g/mol. The Morgan fingerprint density at radius 3 is 2.55 bits per heavy atom. The van der Waals surface area contributed by atoms with Gasteiger partial charge in [0, 0.05) is 18.8 Å². The van der Waals surface area contributed by atoms with E-state index in [-0.39, 0.29) is 23.3 Å². The van der Waals surface area contributed by atoms with E-state index in [9.17, 15) is 13.2 Å². The molecule has 2 aliphatic heterocycles. The van der Waals surface area contributed by atoms with Gasteiger partial charge in [-0.1, -0.05) is 0 Å². The number of hydrogen-bond acceptors (Lipinski definition) is 4. The molecule has 0 bridgehead atoms. The highest BCUT2D eigenvalue weighted by molar-refractivity contribution is 7.89. The van der Waals surface area contributed by atoms with E-state index < -0.39 is 10.0 Å². The van der Waals surface area contributed by atoms with E-state index >= 15 is 0 Å². The molecule has 7 heteroatoms. The maximum atomic E-state index is 12.5. The van der Waals surface area contributed by atoms with E-state index in [0.29, 0.717) is 0 Å². The van der Waals surface area contributed by atoms with E-state index in [0.717, 1.165) is 37.2 Å². The van der Waals surface area contributed by atoms with Crippen molar-refractivity contribution in [1.29, 1.82) is 0 Å². The van der Waals surface area contributed by atoms with Crippen LogP contribution in [-0.2, 0) is 21.2 Å². The lowest BCUT2D eigenvalue weighted by atomic mass is 10.1. The molecular weight excluding hydrogens is 302 g/mol. The number of amides is 1. The summed E-state index contributed by atoms with van der Waals surface area (Å²) in [5.41, 5.74) is 1.57. The Balaban J connectivity index is 1.79. The third-order valence-corrected chi connectivity index (χ3v) is 6.00. The van der Waals surface area contributed by atoms with E-state index in [1.165, 1.54) is 0 Å². The summed E-state index contributed by atoms with van der Waals surface area (Å²) in [4.78, 5) is 15.7. The number of sulfonamides is 1. The van der Waals surface area contributed by atoms with Gasteiger partial charge in [0.2, 0.25) is 15.9 Å². The first-order valence-electron chi connectivity index (χ1n) is 7.47. The zero-order valence-corrected chi connectivity index (χ0v) is 13.7. The number of piperidine rings is 1. The minimum Gasteiger partial charge on any atom is -0.315 e. The average molecular weight is 323 g/mol. The van der Waals surface area contributed by atoms with E-state index in [1.54, 1.807) is 30.1 Å². The third kappa shape index (κ3) is 2.88. The minimum atomic E-state index is -3.53. The van der Waals surface area contributed by atoms with E-state index in [4.69, 9.17) is 0 Å². The average Bonchev–Trinajstić information content (AvgIpc) is 2.76. The van der Waals surface area contributed by atoms with Crippen LogP contribution in [0.15, 0.2) is 23.1 Å². The van der Waals surface area contributed by atoms with Gasteiger partial charge in [-0.2, -0.15) is 0 Å². The van der Waals surface area contributed by atoms with Crippen molar-refractivity contribution in [2.75, 3.05) is 32.1 Å². The Hall–Kier alpha value is -1.44. The molecule has 6 nitrogen and oxygen atoms in total. The molecule has 2 heterocycles. The number of likely N-dealkylation sites (tertiary alicyclic amines) is 1. The maximum Gasteiger partial charge on any atom is 0.240 e. The van der Waals surface area contributed by atoms with Crippen molar-refractivity contribution in [2.45, 2.75) is 30.2 Å². The molecule has 0 radical (unpaired) electrons. The Morgan fingerprint density at radius 2 is 1.86 bits per heavy atom. The number of carbonyl (C=O) groups excluding carboxylic acids is 1. The van der Waals surface area contributed by atoms with E-state index in [2.05, 4.69) is 9.62 Å². The maximum absolute atomic E-state index is 12.5. The molecular formula is C15H21N3O3S. The predicted octanol–water partition coefficient (Wildman–Crippen LogP) is 0.578. The molecule has 1 N–H and O–H groups in total. The van der Waals surface area contributed by atoms with Crippen LogP contribution in [0.5, 0.6) is 0 Å². The number of carbonyl (C=O) groups is 1. The van der Waals surface area contributed by atoms with Crippen molar-refractivity contribution in [3.05, 3.63) is 23.8 Å². The fourth-order valence-electron chi connectivity index (χ4n) is 3.03. The van der Waals surface area contributed by atoms with Crippen LogP contribution in [0, 0.1) is 0 Å². The molecule has 1 saturated heterocycles. The number of fused-ring (bicyclic) bond motifs is 1. The molecule has 0 unspecified atom stereocenters. The number of benzene rings is 1. The van der Waals surface area contributed by atoms with Crippen LogP contribution >= 0.6 is 0 Å². The largest absolute Gasteiger partial charge is 0.315 e. The standard InChI is InChI=1S/C15H21N3O3S/c1-17-7-5-12(6-8-17)16-22(20,21)13-3-4-14-11(9-13)10-15(19)18(14)2/h3-4,9,12,16H,5-8,10H2,1-2H3. The van der Waals surface area contributed by atoms with Crippen LogP contribution in [-0.4, -0.2) is 52.5 Å². The number of nitrogens with one attached hydrogen (secondary N) is 1. The second-order valence-electron chi connectivity index (χ2n) is 6.12. The highest BCUT2D eigenvalue weighted by Crippen LogP contribution is 2.29. The second kappa shape index (κ2) is 5.64. The van der Waals surface area contributed by atoms with Crippen molar-refractivity contribution in [2.24, 2.45) is 0 Å². The molecule has 22 heavy (non-hydrogen) atoms. The summed E-state index contributed by atoms with van der Waals surface area (Å²) in [6.07, 6.45) is 1.91. The van der Waals surface area contributed by atoms with Gasteiger partial charge in [0.15, 0.2) is 0 Å². The van der Waals surface area contributed by atoms with Crippen LogP contribution in [0.1, 0.15) is 18.4 Å². The normalized spacial score (nSPS) is 20.5. The molecule has 1 amide bonds. The Morgan fingerprint density at radius 1 is 1.18 bits per heavy atom. The van der Waals surface area contributed by atoms with Crippen molar-refractivity contribution in [1.82, 2.24) is 9.62 Å². The summed E-state index contributed by atoms with van der Waals surface area (Å²) >= 11 is 0. The van der Waals surface area contributed by atoms with Gasteiger partial charge in [0.25, 0.3) is 0 Å². The Labute approximate surface area is 131 Å². The SMILES string of the molecule is CN1CCC(NS(=O)(=O)c2ccc3c(c2)CC(=O)N3C)CC1. The van der Waals surface area contributed by atoms with Crippen LogP contribution in [0.4, 0.5) is 5.69 Å². The Bertz CT molecular complexity index is 694. The number of anilines is 1. The summed E-state index contributed by atoms with van der Waals surface area (Å²) in [7, 11) is 0.216. The minimum absolute atomic E-state index is 0.00664. The highest BCUT2D eigenvalue weighted by Gasteiger charge is 2.28. The molecule has 0 aromatic heterocycles. The third-order valence-electron chi connectivity index (χ3n) is 4.48. The van der Waals surface area contributed by atoms with Crippen molar-refractivity contribution < 1.29 is 13.2 Å². The number of rotatable bonds is 3. The fraction of sp³-hybridized carbons (Fsp3) is 0.533. The summed E-state index contributed by atoms with van der Waals surface area (Å²) in [6, 6.07) is 4.89. The summed E-state index contributed by atoms with van der Waals surface area (Å²) in [6.45, 7) is 1.80. The van der Waals surface area contributed by atoms with Gasteiger partial charge < -0.3 is 9.80 Å². The molecule has 1 aromatic rings. The van der Waals surface area contributed by atoms with Gasteiger partial charge >= 0.3 is 0 Å². The zero-order chi connectivity index (χ0) is 15.9. The quantitative estimate of drug-likeness (QED) is 0.883. The lowest BCUT2D eigenvalue weighted by molar-refractivity contribution is -0.117. The Kier molecular flexibility index (Phi) is 3.96. The van der Waals surface area contributed by atoms with Crippen LogP contribution in [0.25, 0.3) is 0 Å². The first-order valence-corrected chi connectivity index (χ1v) is 8.95. The van der Waals surface area contributed by atoms with Gasteiger partial charge in [-0.05, 0) is 56.7 Å². The number of likely N-dealkylation sites (N-methyl/N-ethyl adjacent to an activating group) is 1. The molecule has 2 aliphatic rings.